The van der Waals surface area contributed by atoms with Gasteiger partial charge in [-0.1, -0.05) is 0 Å². The Morgan fingerprint density at radius 1 is 1.14 bits per heavy atom. The second-order valence-corrected chi connectivity index (χ2v) is 4.60. The summed E-state index contributed by atoms with van der Waals surface area (Å²) in [6.07, 6.45) is 3.42. The molecule has 106 valence electrons. The van der Waals surface area contributed by atoms with Crippen molar-refractivity contribution in [1.82, 2.24) is 25.6 Å². The highest BCUT2D eigenvalue weighted by Crippen LogP contribution is 2.34. The molecule has 0 radical (unpaired) electrons. The van der Waals surface area contributed by atoms with Crippen LogP contribution in [0.15, 0.2) is 30.6 Å². The lowest BCUT2D eigenvalue weighted by atomic mass is 9.97. The number of aryl methyl sites for hydroxylation is 1. The summed E-state index contributed by atoms with van der Waals surface area (Å²) in [7, 11) is 1.61. The number of nitrogens with zero attached hydrogens (tertiary/aromatic N) is 4. The van der Waals surface area contributed by atoms with E-state index in [-0.39, 0.29) is 0 Å². The number of H-pyrrole nitrogens is 1. The fraction of sp³-hybridized carbons (Fsp3) is 0.143. The van der Waals surface area contributed by atoms with Crippen molar-refractivity contribution in [3.05, 3.63) is 36.2 Å². The van der Waals surface area contributed by atoms with E-state index in [1.165, 1.54) is 0 Å². The van der Waals surface area contributed by atoms with E-state index >= 15 is 0 Å². The maximum absolute atomic E-state index is 6.00. The highest BCUT2D eigenvalue weighted by atomic mass is 16.5. The van der Waals surface area contributed by atoms with Gasteiger partial charge in [-0.25, -0.2) is 0 Å². The molecule has 7 heteroatoms. The SMILES string of the molecule is COc1cncc(-c2cc(C)c(N)cc2-c2nn[nH]n2)c1. The molecule has 3 N–H and O–H groups in total. The first kappa shape index (κ1) is 13.0. The van der Waals surface area contributed by atoms with Crippen molar-refractivity contribution >= 4 is 5.69 Å². The van der Waals surface area contributed by atoms with Gasteiger partial charge in [0.1, 0.15) is 5.75 Å². The summed E-state index contributed by atoms with van der Waals surface area (Å²) < 4.78 is 5.22. The third-order valence-corrected chi connectivity index (χ3v) is 3.25. The molecule has 0 saturated heterocycles. The molecule has 0 spiro atoms. The molecule has 0 bridgehead atoms. The van der Waals surface area contributed by atoms with Crippen molar-refractivity contribution in [2.24, 2.45) is 0 Å². The van der Waals surface area contributed by atoms with Gasteiger partial charge in [-0.15, -0.1) is 10.2 Å². The molecule has 0 unspecified atom stereocenters. The Morgan fingerprint density at radius 3 is 2.71 bits per heavy atom. The molecule has 0 atom stereocenters. The lowest BCUT2D eigenvalue weighted by Gasteiger charge is -2.11. The molecule has 3 rings (SSSR count). The molecule has 0 saturated carbocycles. The van der Waals surface area contributed by atoms with Crippen molar-refractivity contribution in [2.45, 2.75) is 6.92 Å². The molecule has 0 aliphatic rings. The number of aromatic nitrogens is 5. The molecule has 0 aliphatic heterocycles. The number of pyridine rings is 1. The Labute approximate surface area is 121 Å². The number of nitrogens with one attached hydrogen (secondary N) is 1. The summed E-state index contributed by atoms with van der Waals surface area (Å²) in [6.45, 7) is 1.95. The molecule has 21 heavy (non-hydrogen) atoms. The zero-order chi connectivity index (χ0) is 14.8. The topological polar surface area (TPSA) is 103 Å². The first-order valence-electron chi connectivity index (χ1n) is 6.32. The van der Waals surface area contributed by atoms with Crippen molar-refractivity contribution < 1.29 is 4.74 Å². The van der Waals surface area contributed by atoms with Gasteiger partial charge in [0.15, 0.2) is 0 Å². The predicted molar refractivity (Wildman–Crippen MR) is 78.5 cm³/mol. The molecule has 0 fully saturated rings. The lowest BCUT2D eigenvalue weighted by Crippen LogP contribution is -1.96. The molecule has 1 aromatic carbocycles. The van der Waals surface area contributed by atoms with Gasteiger partial charge in [0.2, 0.25) is 5.82 Å². The number of benzene rings is 1. The van der Waals surface area contributed by atoms with E-state index in [1.54, 1.807) is 19.5 Å². The number of rotatable bonds is 3. The quantitative estimate of drug-likeness (QED) is 0.710. The Bertz CT molecular complexity index is 769. The van der Waals surface area contributed by atoms with Crippen LogP contribution < -0.4 is 10.5 Å². The van der Waals surface area contributed by atoms with Gasteiger partial charge < -0.3 is 10.5 Å². The van der Waals surface area contributed by atoms with Gasteiger partial charge >= 0.3 is 0 Å². The zero-order valence-corrected chi connectivity index (χ0v) is 11.7. The normalized spacial score (nSPS) is 10.6. The molecule has 0 amide bonds. The third kappa shape index (κ3) is 2.40. The molecule has 7 nitrogen and oxygen atoms in total. The molecule has 3 aromatic rings. The fourth-order valence-electron chi connectivity index (χ4n) is 2.10. The van der Waals surface area contributed by atoms with E-state index in [0.717, 1.165) is 22.3 Å². The van der Waals surface area contributed by atoms with Crippen LogP contribution in [0.25, 0.3) is 22.5 Å². The van der Waals surface area contributed by atoms with Crippen LogP contribution in [0.2, 0.25) is 0 Å². The lowest BCUT2D eigenvalue weighted by molar-refractivity contribution is 0.413. The van der Waals surface area contributed by atoms with Gasteiger partial charge in [0.05, 0.1) is 13.3 Å². The van der Waals surface area contributed by atoms with E-state index in [4.69, 9.17) is 10.5 Å². The minimum Gasteiger partial charge on any atom is -0.495 e. The van der Waals surface area contributed by atoms with Gasteiger partial charge in [0, 0.05) is 23.0 Å². The first-order valence-corrected chi connectivity index (χ1v) is 6.32. The predicted octanol–water partition coefficient (Wildman–Crippen LogP) is 1.83. The molecular weight excluding hydrogens is 268 g/mol. The highest BCUT2D eigenvalue weighted by molar-refractivity contribution is 5.84. The van der Waals surface area contributed by atoms with Crippen LogP contribution in [0.5, 0.6) is 5.75 Å². The van der Waals surface area contributed by atoms with Gasteiger partial charge in [-0.05, 0) is 41.5 Å². The van der Waals surface area contributed by atoms with Gasteiger partial charge in [0.25, 0.3) is 0 Å². The summed E-state index contributed by atoms with van der Waals surface area (Å²) in [4.78, 5) is 4.19. The number of nitrogens with two attached hydrogens (primary N) is 1. The van der Waals surface area contributed by atoms with Crippen molar-refractivity contribution in [3.63, 3.8) is 0 Å². The maximum atomic E-state index is 6.00. The number of hydrogen-bond donors (Lipinski definition) is 2. The van der Waals surface area contributed by atoms with E-state index in [9.17, 15) is 0 Å². The zero-order valence-electron chi connectivity index (χ0n) is 11.7. The van der Waals surface area contributed by atoms with Crippen LogP contribution in [0.3, 0.4) is 0 Å². The standard InChI is InChI=1S/C14H14N6O/c1-8-3-11(9-4-10(21-2)7-16-6-9)12(5-13(8)15)14-17-19-20-18-14/h3-7H,15H2,1-2H3,(H,17,18,19,20). The van der Waals surface area contributed by atoms with Crippen molar-refractivity contribution in [1.29, 1.82) is 0 Å². The number of aromatic amines is 1. The molecule has 2 aromatic heterocycles. The molecule has 2 heterocycles. The molecule has 0 aliphatic carbocycles. The number of nitrogen functional groups attached to an aromatic ring is 1. The fourth-order valence-corrected chi connectivity index (χ4v) is 2.10. The van der Waals surface area contributed by atoms with Crippen molar-refractivity contribution in [3.8, 4) is 28.3 Å². The van der Waals surface area contributed by atoms with Crippen LogP contribution in [-0.2, 0) is 0 Å². The van der Waals surface area contributed by atoms with Crippen LogP contribution in [0.1, 0.15) is 5.56 Å². The van der Waals surface area contributed by atoms with Gasteiger partial charge in [-0.2, -0.15) is 5.21 Å². The average Bonchev–Trinajstić information content (AvgIpc) is 3.04. The van der Waals surface area contributed by atoms with E-state index < -0.39 is 0 Å². The average molecular weight is 282 g/mol. The van der Waals surface area contributed by atoms with Crippen LogP contribution in [-0.4, -0.2) is 32.7 Å². The summed E-state index contributed by atoms with van der Waals surface area (Å²) in [5.41, 5.74) is 10.3. The second kappa shape index (κ2) is 5.20. The monoisotopic (exact) mass is 282 g/mol. The van der Waals surface area contributed by atoms with Gasteiger partial charge in [-0.3, -0.25) is 4.98 Å². The number of anilines is 1. The van der Waals surface area contributed by atoms with Crippen LogP contribution >= 0.6 is 0 Å². The summed E-state index contributed by atoms with van der Waals surface area (Å²) >= 11 is 0. The molecular formula is C14H14N6O. The third-order valence-electron chi connectivity index (χ3n) is 3.25. The smallest absolute Gasteiger partial charge is 0.205 e. The first-order chi connectivity index (χ1) is 10.2. The van der Waals surface area contributed by atoms with Crippen LogP contribution in [0, 0.1) is 6.92 Å². The van der Waals surface area contributed by atoms with E-state index in [0.29, 0.717) is 17.3 Å². The van der Waals surface area contributed by atoms with Crippen LogP contribution in [0.4, 0.5) is 5.69 Å². The second-order valence-electron chi connectivity index (χ2n) is 4.60. The van der Waals surface area contributed by atoms with Crippen molar-refractivity contribution in [2.75, 3.05) is 12.8 Å². The highest BCUT2D eigenvalue weighted by Gasteiger charge is 2.14. The number of tetrazole rings is 1. The minimum absolute atomic E-state index is 0.486. The number of hydrogen-bond acceptors (Lipinski definition) is 6. The van der Waals surface area contributed by atoms with E-state index in [1.807, 2.05) is 25.1 Å². The van der Waals surface area contributed by atoms with E-state index in [2.05, 4.69) is 25.6 Å². The minimum atomic E-state index is 0.486. The Balaban J connectivity index is 2.23. The number of ether oxygens (including phenoxy) is 1. The Morgan fingerprint density at radius 2 is 2.00 bits per heavy atom. The Kier molecular flexibility index (Phi) is 3.23. The summed E-state index contributed by atoms with van der Waals surface area (Å²) in [5, 5.41) is 14.1. The maximum Gasteiger partial charge on any atom is 0.205 e. The number of methoxy groups -OCH3 is 1. The largest absolute Gasteiger partial charge is 0.495 e. The summed E-state index contributed by atoms with van der Waals surface area (Å²) in [5.74, 6) is 1.17. The summed E-state index contributed by atoms with van der Waals surface area (Å²) in [6, 6.07) is 5.73. The Hall–Kier alpha value is -2.96.